The number of carbonyl (C=O) groups is 1. The van der Waals surface area contributed by atoms with Crippen LogP contribution in [0.25, 0.3) is 16.9 Å². The highest BCUT2D eigenvalue weighted by Crippen LogP contribution is 2.32. The van der Waals surface area contributed by atoms with Gasteiger partial charge in [-0.05, 0) is 43.7 Å². The maximum absolute atomic E-state index is 13.6. The van der Waals surface area contributed by atoms with Crippen LogP contribution in [0, 0.1) is 12.7 Å². The average molecular weight is 500 g/mol. The molecule has 0 saturated heterocycles. The third kappa shape index (κ3) is 5.76. The summed E-state index contributed by atoms with van der Waals surface area (Å²) in [5.41, 5.74) is 3.40. The molecule has 36 heavy (non-hydrogen) atoms. The smallest absolute Gasteiger partial charge is 0.390 e. The Hall–Kier alpha value is -4.08. The summed E-state index contributed by atoms with van der Waals surface area (Å²) >= 11 is 0. The van der Waals surface area contributed by atoms with E-state index in [1.807, 2.05) is 19.9 Å². The van der Waals surface area contributed by atoms with Crippen LogP contribution in [0.4, 0.5) is 23.2 Å². The van der Waals surface area contributed by atoms with Gasteiger partial charge >= 0.3 is 6.18 Å². The van der Waals surface area contributed by atoms with E-state index in [1.165, 1.54) is 24.3 Å². The van der Waals surface area contributed by atoms with Gasteiger partial charge in [0.15, 0.2) is 5.65 Å². The molecule has 2 heterocycles. The van der Waals surface area contributed by atoms with E-state index in [9.17, 15) is 22.4 Å². The molecule has 0 radical (unpaired) electrons. The first-order valence-corrected chi connectivity index (χ1v) is 11.3. The largest absolute Gasteiger partial charge is 0.456 e. The van der Waals surface area contributed by atoms with Crippen LogP contribution in [0.3, 0.4) is 0 Å². The molecule has 2 N–H and O–H groups in total. The van der Waals surface area contributed by atoms with Gasteiger partial charge < -0.3 is 15.4 Å². The molecule has 6 nitrogen and oxygen atoms in total. The summed E-state index contributed by atoms with van der Waals surface area (Å²) in [6, 6.07) is 12.4. The van der Waals surface area contributed by atoms with Gasteiger partial charge in [-0.25, -0.2) is 9.37 Å². The lowest BCUT2D eigenvalue weighted by Gasteiger charge is -2.14. The Kier molecular flexibility index (Phi) is 7.14. The maximum atomic E-state index is 13.6. The van der Waals surface area contributed by atoms with Crippen molar-refractivity contribution in [3.63, 3.8) is 0 Å². The first-order chi connectivity index (χ1) is 17.1. The zero-order valence-electron chi connectivity index (χ0n) is 19.6. The van der Waals surface area contributed by atoms with Crippen LogP contribution in [0.1, 0.15) is 29.3 Å². The van der Waals surface area contributed by atoms with Crippen molar-refractivity contribution in [2.45, 2.75) is 26.4 Å². The van der Waals surface area contributed by atoms with Crippen molar-refractivity contribution in [3.8, 4) is 22.8 Å². The van der Waals surface area contributed by atoms with Crippen molar-refractivity contribution in [1.82, 2.24) is 14.7 Å². The third-order valence-corrected chi connectivity index (χ3v) is 5.44. The Morgan fingerprint density at radius 1 is 1.11 bits per heavy atom. The molecule has 0 aliphatic heterocycles. The van der Waals surface area contributed by atoms with Gasteiger partial charge in [-0.1, -0.05) is 12.1 Å². The molecule has 0 bridgehead atoms. The summed E-state index contributed by atoms with van der Waals surface area (Å²) < 4.78 is 59.3. The molecule has 4 aromatic rings. The van der Waals surface area contributed by atoms with E-state index in [-0.39, 0.29) is 24.0 Å². The van der Waals surface area contributed by atoms with Crippen LogP contribution < -0.4 is 15.4 Å². The number of imidazole rings is 1. The summed E-state index contributed by atoms with van der Waals surface area (Å²) in [4.78, 5) is 16.7. The Morgan fingerprint density at radius 2 is 1.92 bits per heavy atom. The molecule has 2 aromatic heterocycles. The van der Waals surface area contributed by atoms with E-state index in [1.54, 1.807) is 35.0 Å². The molecule has 0 spiro atoms. The molecule has 0 aliphatic carbocycles. The highest BCUT2D eigenvalue weighted by molar-refractivity contribution is 5.96. The van der Waals surface area contributed by atoms with Crippen molar-refractivity contribution in [2.75, 3.05) is 18.4 Å². The van der Waals surface area contributed by atoms with Gasteiger partial charge in [0.25, 0.3) is 5.91 Å². The zero-order chi connectivity index (χ0) is 25.9. The Morgan fingerprint density at radius 3 is 2.61 bits per heavy atom. The number of amides is 1. The number of ether oxygens (including phenoxy) is 1. The molecule has 1 amide bonds. The van der Waals surface area contributed by atoms with E-state index >= 15 is 0 Å². The van der Waals surface area contributed by atoms with E-state index in [4.69, 9.17) is 4.74 Å². The number of hydrogen-bond donors (Lipinski definition) is 2. The molecule has 188 valence electrons. The van der Waals surface area contributed by atoms with Gasteiger partial charge in [-0.3, -0.25) is 9.20 Å². The zero-order valence-corrected chi connectivity index (χ0v) is 19.6. The summed E-state index contributed by atoms with van der Waals surface area (Å²) in [6.45, 7) is 3.81. The number of alkyl halides is 3. The monoisotopic (exact) mass is 500 g/mol. The Bertz CT molecular complexity index is 1400. The second-order valence-electron chi connectivity index (χ2n) is 8.17. The molecule has 0 fully saturated rings. The summed E-state index contributed by atoms with van der Waals surface area (Å²) in [6.07, 6.45) is -2.12. The lowest BCUT2D eigenvalue weighted by atomic mass is 10.0. The lowest BCUT2D eigenvalue weighted by molar-refractivity contribution is -0.131. The quantitative estimate of drug-likeness (QED) is 0.277. The van der Waals surface area contributed by atoms with Gasteiger partial charge in [0, 0.05) is 36.3 Å². The number of halogens is 4. The molecule has 0 saturated carbocycles. The van der Waals surface area contributed by atoms with Crippen molar-refractivity contribution in [2.24, 2.45) is 0 Å². The van der Waals surface area contributed by atoms with Crippen LogP contribution in [0.2, 0.25) is 0 Å². The van der Waals surface area contributed by atoms with Gasteiger partial charge in [-0.2, -0.15) is 13.2 Å². The summed E-state index contributed by atoms with van der Waals surface area (Å²) in [5.74, 6) is -0.151. The molecular formula is C26H24F4N4O2. The molecular weight excluding hydrogens is 476 g/mol. The lowest BCUT2D eigenvalue weighted by Crippen LogP contribution is -2.23. The van der Waals surface area contributed by atoms with Gasteiger partial charge in [-0.15, -0.1) is 0 Å². The van der Waals surface area contributed by atoms with Crippen LogP contribution in [0.5, 0.6) is 11.5 Å². The molecule has 0 atom stereocenters. The van der Waals surface area contributed by atoms with Crippen LogP contribution in [-0.2, 0) is 0 Å². The van der Waals surface area contributed by atoms with E-state index in [0.717, 1.165) is 11.1 Å². The number of benzene rings is 2. The van der Waals surface area contributed by atoms with Crippen LogP contribution in [0.15, 0.2) is 60.9 Å². The average Bonchev–Trinajstić information content (AvgIpc) is 3.22. The minimum absolute atomic E-state index is 0.179. The Balaban J connectivity index is 1.75. The van der Waals surface area contributed by atoms with E-state index in [2.05, 4.69) is 15.6 Å². The minimum Gasteiger partial charge on any atom is -0.456 e. The van der Waals surface area contributed by atoms with Gasteiger partial charge in [0.2, 0.25) is 0 Å². The first-order valence-electron chi connectivity index (χ1n) is 11.3. The number of nitrogens with zero attached hydrogens (tertiary/aromatic N) is 2. The number of hydrogen-bond acceptors (Lipinski definition) is 4. The van der Waals surface area contributed by atoms with Crippen molar-refractivity contribution < 1.29 is 27.1 Å². The van der Waals surface area contributed by atoms with Crippen molar-refractivity contribution >= 4 is 17.2 Å². The standard InChI is InChI=1S/C26H24F4N4O2/c1-3-31-25(35)21-8-7-17(11-16(21)2)23-14-33-24-22(32-10-9-26(28,29)30)13-20(15-34(23)24)36-19-6-4-5-18(27)12-19/h4-8,11-15,32H,3,9-10H2,1-2H3,(H,31,35). The molecule has 4 rings (SSSR count). The number of carbonyl (C=O) groups excluding carboxylic acids is 1. The minimum atomic E-state index is -4.32. The second kappa shape index (κ2) is 10.3. The van der Waals surface area contributed by atoms with Crippen molar-refractivity contribution in [1.29, 1.82) is 0 Å². The summed E-state index contributed by atoms with van der Waals surface area (Å²) in [5, 5.41) is 5.56. The predicted molar refractivity (Wildman–Crippen MR) is 129 cm³/mol. The number of anilines is 1. The fourth-order valence-corrected chi connectivity index (χ4v) is 3.80. The highest BCUT2D eigenvalue weighted by Gasteiger charge is 2.26. The first kappa shape index (κ1) is 25.0. The van der Waals surface area contributed by atoms with Crippen LogP contribution >= 0.6 is 0 Å². The SMILES string of the molecule is CCNC(=O)c1ccc(-c2cnc3c(NCCC(F)(F)F)cc(Oc4cccc(F)c4)cn23)cc1C. The molecule has 0 unspecified atom stereocenters. The van der Waals surface area contributed by atoms with Gasteiger partial charge in [0.05, 0.1) is 30.2 Å². The number of fused-ring (bicyclic) bond motifs is 1. The van der Waals surface area contributed by atoms with Crippen LogP contribution in [-0.4, -0.2) is 34.6 Å². The summed E-state index contributed by atoms with van der Waals surface area (Å²) in [7, 11) is 0. The van der Waals surface area contributed by atoms with E-state index < -0.39 is 18.4 Å². The topological polar surface area (TPSA) is 67.7 Å². The predicted octanol–water partition coefficient (Wildman–Crippen LogP) is 6.36. The highest BCUT2D eigenvalue weighted by atomic mass is 19.4. The fourth-order valence-electron chi connectivity index (χ4n) is 3.80. The Labute approximate surface area is 204 Å². The number of aryl methyl sites for hydroxylation is 1. The number of nitrogens with one attached hydrogen (secondary N) is 2. The number of pyridine rings is 1. The van der Waals surface area contributed by atoms with E-state index in [0.29, 0.717) is 29.1 Å². The maximum Gasteiger partial charge on any atom is 0.390 e. The molecule has 2 aromatic carbocycles. The number of aromatic nitrogens is 2. The number of rotatable bonds is 8. The van der Waals surface area contributed by atoms with Gasteiger partial charge in [0.1, 0.15) is 17.3 Å². The fraction of sp³-hybridized carbons (Fsp3) is 0.231. The second-order valence-corrected chi connectivity index (χ2v) is 8.17. The van der Waals surface area contributed by atoms with Crippen molar-refractivity contribution in [3.05, 3.63) is 77.9 Å². The third-order valence-electron chi connectivity index (χ3n) is 5.44. The normalized spacial score (nSPS) is 11.5. The molecule has 10 heteroatoms. The molecule has 0 aliphatic rings.